The Labute approximate surface area is 423 Å². The van der Waals surface area contributed by atoms with Crippen molar-refractivity contribution >= 4 is 40.3 Å². The number of pyridine rings is 3. The number of hydrogen-bond donors (Lipinski definition) is 3. The number of likely N-dealkylation sites (tertiary alicyclic amines) is 3. The van der Waals surface area contributed by atoms with Gasteiger partial charge in [-0.05, 0) is 124 Å². The Bertz CT molecular complexity index is 2590. The molecule has 16 nitrogen and oxygen atoms in total. The lowest BCUT2D eigenvalue weighted by Gasteiger charge is -2.39. The molecule has 2 atom stereocenters. The smallest absolute Gasteiger partial charge is 0.272 e. The third kappa shape index (κ3) is 12.2. The van der Waals surface area contributed by atoms with E-state index in [2.05, 4.69) is 41.5 Å². The molecule has 4 amide bonds. The monoisotopic (exact) mass is 983 g/mol. The molecule has 16 heteroatoms. The van der Waals surface area contributed by atoms with Crippen LogP contribution >= 0.6 is 0 Å². The summed E-state index contributed by atoms with van der Waals surface area (Å²) >= 11 is 0. The first-order valence-electron chi connectivity index (χ1n) is 27.2. The molecule has 4 saturated heterocycles. The highest BCUT2D eigenvalue weighted by Gasteiger charge is 2.37. The standard InChI is InChI=1S/C56H74N10O6/c1-2-39-32-49-50(60-53(39)68)30-38(33-58-49)36-62-26-28-63(29-27-62)45-15-16-48(59-34-45)55(70)64-22-17-46(18-23-64)72-47-19-24-65(25-20-47)56(71)52(40-8-4-3-5-9-40)61-54(69)42-11-6-10-41(31-42)43-12-7-21-66(37-43)51(67)35-57-44-13-14-44/h6,10-11,15-16,30-34,40,43-44,46-47,52,57H,2-5,7-9,12-14,17-29,35-37H2,1H3,(H,60,68)(H,61,69)/t43?,52-/m1/s1. The SMILES string of the molecule is CCc1cc2ncc(CN3CCN(c4ccc(C(=O)N5CCC(OC6CCN(C(=O)[C@H](NC(=O)c7cccc(C8CCCN(C(=O)CNC9CC9)C8)c7)C7CCCCC7)CC6)CC5)nc4)CC3)cc2[nH]c1=O. The number of fused-ring (bicyclic) bond motifs is 1. The van der Waals surface area contributed by atoms with E-state index < -0.39 is 6.04 Å². The number of amides is 4. The average Bonchev–Trinajstić information content (AvgIpc) is 4.27. The summed E-state index contributed by atoms with van der Waals surface area (Å²) in [5.74, 6) is 0.177. The number of aryl methyl sites for hydroxylation is 1. The predicted octanol–water partition coefficient (Wildman–Crippen LogP) is 5.65. The van der Waals surface area contributed by atoms with E-state index in [4.69, 9.17) is 4.74 Å². The van der Waals surface area contributed by atoms with Crippen LogP contribution in [0.25, 0.3) is 11.0 Å². The summed E-state index contributed by atoms with van der Waals surface area (Å²) in [6, 6.07) is 15.5. The van der Waals surface area contributed by atoms with Gasteiger partial charge in [0.15, 0.2) is 0 Å². The van der Waals surface area contributed by atoms with Crippen LogP contribution in [0.15, 0.2) is 65.7 Å². The first kappa shape index (κ1) is 49.9. The Hall–Kier alpha value is -5.71. The number of hydrogen-bond acceptors (Lipinski definition) is 11. The van der Waals surface area contributed by atoms with Crippen LogP contribution in [0.3, 0.4) is 0 Å². The minimum absolute atomic E-state index is 0.0133. The molecule has 2 aliphatic carbocycles. The lowest BCUT2D eigenvalue weighted by Crippen LogP contribution is -2.55. The normalized spacial score (nSPS) is 21.5. The zero-order valence-electron chi connectivity index (χ0n) is 42.2. The van der Waals surface area contributed by atoms with E-state index >= 15 is 0 Å². The highest BCUT2D eigenvalue weighted by molar-refractivity contribution is 5.98. The molecule has 1 unspecified atom stereocenters. The molecule has 6 aliphatic rings. The number of carbonyl (C=O) groups excluding carboxylic acids is 4. The number of rotatable bonds is 15. The Morgan fingerprint density at radius 2 is 1.50 bits per heavy atom. The van der Waals surface area contributed by atoms with Crippen LogP contribution in [0.4, 0.5) is 5.69 Å². The van der Waals surface area contributed by atoms with Gasteiger partial charge >= 0.3 is 0 Å². The van der Waals surface area contributed by atoms with Crippen molar-refractivity contribution in [3.05, 3.63) is 99.2 Å². The van der Waals surface area contributed by atoms with Crippen molar-refractivity contribution in [2.45, 2.75) is 134 Å². The fraction of sp³-hybridized carbons (Fsp3) is 0.589. The molecule has 1 aromatic carbocycles. The number of ether oxygens (including phenoxy) is 1. The number of anilines is 1. The quantitative estimate of drug-likeness (QED) is 0.134. The summed E-state index contributed by atoms with van der Waals surface area (Å²) in [7, 11) is 0. The van der Waals surface area contributed by atoms with E-state index in [1.165, 1.54) is 0 Å². The molecule has 0 spiro atoms. The highest BCUT2D eigenvalue weighted by Crippen LogP contribution is 2.31. The molecule has 7 heterocycles. The van der Waals surface area contributed by atoms with E-state index in [0.29, 0.717) is 63.0 Å². The second-order valence-corrected chi connectivity index (χ2v) is 21.4. The van der Waals surface area contributed by atoms with Crippen LogP contribution in [-0.2, 0) is 27.3 Å². The summed E-state index contributed by atoms with van der Waals surface area (Å²) in [5.41, 5.74) is 6.44. The Kier molecular flexibility index (Phi) is 15.9. The van der Waals surface area contributed by atoms with Gasteiger partial charge in [0.05, 0.1) is 41.7 Å². The molecule has 4 aliphatic heterocycles. The molecule has 0 bridgehead atoms. The third-order valence-corrected chi connectivity index (χ3v) is 16.4. The summed E-state index contributed by atoms with van der Waals surface area (Å²) in [6.45, 7) is 10.4. The van der Waals surface area contributed by atoms with Gasteiger partial charge in [-0.1, -0.05) is 38.3 Å². The van der Waals surface area contributed by atoms with Crippen LogP contribution < -0.4 is 21.1 Å². The van der Waals surface area contributed by atoms with Gasteiger partial charge in [0, 0.05) is 101 Å². The first-order valence-corrected chi connectivity index (χ1v) is 27.2. The van der Waals surface area contributed by atoms with E-state index in [1.54, 1.807) is 0 Å². The molecule has 2 saturated carbocycles. The van der Waals surface area contributed by atoms with E-state index in [-0.39, 0.29) is 53.2 Å². The van der Waals surface area contributed by atoms with Gasteiger partial charge < -0.3 is 40.0 Å². The van der Waals surface area contributed by atoms with Crippen molar-refractivity contribution < 1.29 is 23.9 Å². The molecule has 6 fully saturated rings. The highest BCUT2D eigenvalue weighted by atomic mass is 16.5. The number of H-pyrrole nitrogens is 1. The van der Waals surface area contributed by atoms with Gasteiger partial charge in [-0.3, -0.25) is 33.9 Å². The number of piperidine rings is 3. The van der Waals surface area contributed by atoms with E-state index in [9.17, 15) is 24.0 Å². The Morgan fingerprint density at radius 1 is 0.750 bits per heavy atom. The van der Waals surface area contributed by atoms with Crippen LogP contribution in [0, 0.1) is 5.92 Å². The molecular weight excluding hydrogens is 909 g/mol. The summed E-state index contributed by atoms with van der Waals surface area (Å²) in [5, 5.41) is 6.59. The lowest BCUT2D eigenvalue weighted by molar-refractivity contribution is -0.139. The number of aromatic amines is 1. The lowest BCUT2D eigenvalue weighted by atomic mass is 9.83. The average molecular weight is 983 g/mol. The second-order valence-electron chi connectivity index (χ2n) is 21.4. The van der Waals surface area contributed by atoms with E-state index in [0.717, 1.165) is 156 Å². The van der Waals surface area contributed by atoms with Crippen molar-refractivity contribution in [1.29, 1.82) is 0 Å². The van der Waals surface area contributed by atoms with Crippen molar-refractivity contribution in [2.24, 2.45) is 5.92 Å². The largest absolute Gasteiger partial charge is 0.375 e. The minimum Gasteiger partial charge on any atom is -0.375 e. The van der Waals surface area contributed by atoms with Crippen molar-refractivity contribution in [1.82, 2.24) is 45.2 Å². The van der Waals surface area contributed by atoms with Gasteiger partial charge in [-0.2, -0.15) is 0 Å². The van der Waals surface area contributed by atoms with Gasteiger partial charge in [-0.15, -0.1) is 0 Å². The number of aromatic nitrogens is 3. The predicted molar refractivity (Wildman–Crippen MR) is 277 cm³/mol. The van der Waals surface area contributed by atoms with Crippen LogP contribution in [0.1, 0.15) is 134 Å². The fourth-order valence-electron chi connectivity index (χ4n) is 11.8. The minimum atomic E-state index is -0.570. The maximum Gasteiger partial charge on any atom is 0.272 e. The van der Waals surface area contributed by atoms with Crippen molar-refractivity contribution in [3.63, 3.8) is 0 Å². The molecule has 10 rings (SSSR count). The topological polar surface area (TPSA) is 176 Å². The number of nitrogens with zero attached hydrogens (tertiary/aromatic N) is 7. The Balaban J connectivity index is 0.659. The van der Waals surface area contributed by atoms with Crippen LogP contribution in [0.2, 0.25) is 0 Å². The Morgan fingerprint density at radius 3 is 2.21 bits per heavy atom. The van der Waals surface area contributed by atoms with Crippen molar-refractivity contribution in [2.75, 3.05) is 76.9 Å². The van der Waals surface area contributed by atoms with Gasteiger partial charge in [0.2, 0.25) is 11.8 Å². The van der Waals surface area contributed by atoms with Gasteiger partial charge in [0.1, 0.15) is 11.7 Å². The summed E-state index contributed by atoms with van der Waals surface area (Å²) in [4.78, 5) is 90.1. The molecule has 0 radical (unpaired) electrons. The molecule has 4 aromatic rings. The number of piperazine rings is 1. The van der Waals surface area contributed by atoms with Crippen molar-refractivity contribution in [3.8, 4) is 0 Å². The third-order valence-electron chi connectivity index (χ3n) is 16.4. The van der Waals surface area contributed by atoms with Gasteiger partial charge in [0.25, 0.3) is 17.4 Å². The van der Waals surface area contributed by atoms with Crippen LogP contribution in [-0.4, -0.2) is 154 Å². The van der Waals surface area contributed by atoms with Crippen LogP contribution in [0.5, 0.6) is 0 Å². The second kappa shape index (κ2) is 23.0. The van der Waals surface area contributed by atoms with Gasteiger partial charge in [-0.25, -0.2) is 4.98 Å². The molecule has 384 valence electrons. The molecule has 72 heavy (non-hydrogen) atoms. The summed E-state index contributed by atoms with van der Waals surface area (Å²) in [6.07, 6.45) is 16.8. The molecular formula is C56H74N10O6. The van der Waals surface area contributed by atoms with E-state index in [1.807, 2.05) is 76.5 Å². The maximum absolute atomic E-state index is 14.4. The zero-order chi connectivity index (χ0) is 49.6. The number of carbonyl (C=O) groups is 4. The zero-order valence-corrected chi connectivity index (χ0v) is 42.2. The summed E-state index contributed by atoms with van der Waals surface area (Å²) < 4.78 is 6.64. The fourth-order valence-corrected chi connectivity index (χ4v) is 11.8. The first-order chi connectivity index (χ1) is 35.1. The number of benzene rings is 1. The molecule has 3 N–H and O–H groups in total. The maximum atomic E-state index is 14.4. The molecule has 3 aromatic heterocycles. The number of nitrogens with one attached hydrogen (secondary N) is 3.